The van der Waals surface area contributed by atoms with E-state index < -0.39 is 0 Å². The van der Waals surface area contributed by atoms with E-state index in [1.807, 2.05) is 6.92 Å². The van der Waals surface area contributed by atoms with E-state index in [2.05, 4.69) is 42.2 Å². The first-order chi connectivity index (χ1) is 14.7. The van der Waals surface area contributed by atoms with Gasteiger partial charge in [-0.05, 0) is 80.5 Å². The van der Waals surface area contributed by atoms with Crippen molar-refractivity contribution in [3.8, 4) is 0 Å². The first-order valence-corrected chi connectivity index (χ1v) is 12.3. The number of esters is 1. The fraction of sp³-hybridized carbons (Fsp3) is 0.667. The molecule has 30 heavy (non-hydrogen) atoms. The highest BCUT2D eigenvalue weighted by Gasteiger charge is 2.20. The Morgan fingerprint density at radius 3 is 2.40 bits per heavy atom. The monoisotopic (exact) mass is 411 g/mol. The molecule has 0 N–H and O–H groups in total. The normalized spacial score (nSPS) is 22.5. The molecule has 1 aliphatic carbocycles. The fourth-order valence-corrected chi connectivity index (χ4v) is 5.05. The van der Waals surface area contributed by atoms with Gasteiger partial charge in [0.2, 0.25) is 0 Å². The Bertz CT molecular complexity index is 671. The Labute approximate surface area is 183 Å². The summed E-state index contributed by atoms with van der Waals surface area (Å²) in [6, 6.07) is 9.41. The number of unbranched alkanes of at least 4 members (excludes halogenated alkanes) is 1. The minimum atomic E-state index is -0.0598. The summed E-state index contributed by atoms with van der Waals surface area (Å²) in [5.41, 5.74) is 4.40. The highest BCUT2D eigenvalue weighted by molar-refractivity contribution is 5.69. The minimum Gasteiger partial charge on any atom is -0.466 e. The molecule has 1 fully saturated rings. The Morgan fingerprint density at radius 2 is 1.77 bits per heavy atom. The van der Waals surface area contributed by atoms with Crippen LogP contribution in [-0.4, -0.2) is 37.1 Å². The van der Waals surface area contributed by atoms with Crippen LogP contribution in [0.2, 0.25) is 0 Å². The third-order valence-electron chi connectivity index (χ3n) is 7.10. The molecule has 3 rings (SSSR count). The van der Waals surface area contributed by atoms with Gasteiger partial charge in [0.15, 0.2) is 0 Å². The second kappa shape index (κ2) is 12.3. The maximum Gasteiger partial charge on any atom is 0.305 e. The third kappa shape index (κ3) is 7.27. The van der Waals surface area contributed by atoms with Crippen LogP contribution in [-0.2, 0) is 16.0 Å². The number of rotatable bonds is 10. The number of ether oxygens (including phenoxy) is 1. The van der Waals surface area contributed by atoms with Gasteiger partial charge in [-0.3, -0.25) is 9.69 Å². The second-order valence-electron chi connectivity index (χ2n) is 9.24. The number of hydrogen-bond donors (Lipinski definition) is 0. The molecule has 1 aromatic rings. The summed E-state index contributed by atoms with van der Waals surface area (Å²) in [6.07, 6.45) is 14.4. The molecule has 0 radical (unpaired) electrons. The summed E-state index contributed by atoms with van der Waals surface area (Å²) in [7, 11) is 0. The first-order valence-electron chi connectivity index (χ1n) is 12.3. The van der Waals surface area contributed by atoms with Crippen LogP contribution in [0.5, 0.6) is 0 Å². The van der Waals surface area contributed by atoms with Crippen molar-refractivity contribution < 1.29 is 9.53 Å². The quantitative estimate of drug-likeness (QED) is 0.336. The number of hydrogen-bond acceptors (Lipinski definition) is 3. The van der Waals surface area contributed by atoms with Crippen molar-refractivity contribution in [2.75, 3.05) is 26.2 Å². The molecule has 3 nitrogen and oxygen atoms in total. The van der Waals surface area contributed by atoms with Gasteiger partial charge in [-0.2, -0.15) is 0 Å². The molecule has 1 heterocycles. The zero-order valence-electron chi connectivity index (χ0n) is 19.2. The predicted molar refractivity (Wildman–Crippen MR) is 125 cm³/mol. The van der Waals surface area contributed by atoms with Crippen molar-refractivity contribution in [3.63, 3.8) is 0 Å². The van der Waals surface area contributed by atoms with Crippen molar-refractivity contribution in [2.45, 2.75) is 78.1 Å². The summed E-state index contributed by atoms with van der Waals surface area (Å²) in [6.45, 7) is 7.91. The van der Waals surface area contributed by atoms with E-state index >= 15 is 0 Å². The van der Waals surface area contributed by atoms with Gasteiger partial charge in [-0.25, -0.2) is 0 Å². The van der Waals surface area contributed by atoms with Crippen molar-refractivity contribution >= 4 is 11.5 Å². The largest absolute Gasteiger partial charge is 0.466 e. The zero-order chi connectivity index (χ0) is 21.2. The van der Waals surface area contributed by atoms with Crippen molar-refractivity contribution in [1.29, 1.82) is 0 Å². The number of benzene rings is 1. The van der Waals surface area contributed by atoms with E-state index in [0.29, 0.717) is 13.0 Å². The van der Waals surface area contributed by atoms with Crippen LogP contribution in [0.4, 0.5) is 0 Å². The van der Waals surface area contributed by atoms with E-state index in [4.69, 9.17) is 4.74 Å². The smallest absolute Gasteiger partial charge is 0.305 e. The molecule has 1 aromatic carbocycles. The predicted octanol–water partition coefficient (Wildman–Crippen LogP) is 6.27. The maximum absolute atomic E-state index is 11.4. The molecule has 0 spiro atoms. The van der Waals surface area contributed by atoms with E-state index in [0.717, 1.165) is 50.7 Å². The third-order valence-corrected chi connectivity index (χ3v) is 7.10. The van der Waals surface area contributed by atoms with E-state index in [1.54, 1.807) is 0 Å². The van der Waals surface area contributed by atoms with Gasteiger partial charge in [0.25, 0.3) is 0 Å². The van der Waals surface area contributed by atoms with E-state index in [-0.39, 0.29) is 5.97 Å². The minimum absolute atomic E-state index is 0.0598. The molecule has 0 aromatic heterocycles. The number of nitrogens with zero attached hydrogens (tertiary/aromatic N) is 1. The summed E-state index contributed by atoms with van der Waals surface area (Å²) >= 11 is 0. The Kier molecular flexibility index (Phi) is 9.45. The van der Waals surface area contributed by atoms with E-state index in [9.17, 15) is 4.79 Å². The highest BCUT2D eigenvalue weighted by Crippen LogP contribution is 2.33. The summed E-state index contributed by atoms with van der Waals surface area (Å²) < 4.78 is 4.99. The molecular weight excluding hydrogens is 370 g/mol. The van der Waals surface area contributed by atoms with Crippen molar-refractivity contribution in [2.24, 2.45) is 11.8 Å². The van der Waals surface area contributed by atoms with Gasteiger partial charge in [-0.1, -0.05) is 56.5 Å². The summed E-state index contributed by atoms with van der Waals surface area (Å²) in [5.74, 6) is 1.82. The Balaban J connectivity index is 1.39. The lowest BCUT2D eigenvalue weighted by atomic mass is 9.78. The molecule has 0 saturated heterocycles. The lowest BCUT2D eigenvalue weighted by molar-refractivity contribution is -0.143. The Morgan fingerprint density at radius 1 is 1.03 bits per heavy atom. The fourth-order valence-electron chi connectivity index (χ4n) is 5.05. The SMILES string of the molecule is CCOC(=O)CCCCN1CC=C(c2ccc(C[C@H]3CC[C@@H](CC)CC3)cc2)CC1. The van der Waals surface area contributed by atoms with Crippen LogP contribution in [0.25, 0.3) is 5.57 Å². The molecule has 0 atom stereocenters. The van der Waals surface area contributed by atoms with Crippen LogP contribution in [0.3, 0.4) is 0 Å². The highest BCUT2D eigenvalue weighted by atomic mass is 16.5. The van der Waals surface area contributed by atoms with Crippen LogP contribution in [0, 0.1) is 11.8 Å². The molecule has 2 aliphatic rings. The lowest BCUT2D eigenvalue weighted by Gasteiger charge is -2.28. The lowest BCUT2D eigenvalue weighted by Crippen LogP contribution is -2.29. The molecule has 0 unspecified atom stereocenters. The standard InChI is InChI=1S/C27H41NO2/c1-3-22-8-10-23(11-9-22)21-24-12-14-25(15-13-24)26-16-19-28(20-17-26)18-6-5-7-27(29)30-4-2/h12-16,22-23H,3-11,17-21H2,1-2H3/t22-,23+. The van der Waals surface area contributed by atoms with Gasteiger partial charge < -0.3 is 4.74 Å². The number of carbonyl (C=O) groups excluding carboxylic acids is 1. The average Bonchev–Trinajstić information content (AvgIpc) is 2.78. The van der Waals surface area contributed by atoms with E-state index in [1.165, 1.54) is 55.2 Å². The summed E-state index contributed by atoms with van der Waals surface area (Å²) in [5, 5.41) is 0. The average molecular weight is 412 g/mol. The topological polar surface area (TPSA) is 29.5 Å². The van der Waals surface area contributed by atoms with Gasteiger partial charge >= 0.3 is 5.97 Å². The molecule has 1 aliphatic heterocycles. The molecule has 1 saturated carbocycles. The molecule has 0 amide bonds. The van der Waals surface area contributed by atoms with Crippen LogP contribution < -0.4 is 0 Å². The van der Waals surface area contributed by atoms with Gasteiger partial charge in [0.05, 0.1) is 6.61 Å². The second-order valence-corrected chi connectivity index (χ2v) is 9.24. The van der Waals surface area contributed by atoms with Crippen molar-refractivity contribution in [1.82, 2.24) is 4.90 Å². The maximum atomic E-state index is 11.4. The van der Waals surface area contributed by atoms with Gasteiger partial charge in [0, 0.05) is 19.5 Å². The molecule has 166 valence electrons. The van der Waals surface area contributed by atoms with Crippen LogP contribution in [0.15, 0.2) is 30.3 Å². The van der Waals surface area contributed by atoms with Crippen molar-refractivity contribution in [3.05, 3.63) is 41.5 Å². The van der Waals surface area contributed by atoms with Crippen LogP contribution >= 0.6 is 0 Å². The Hall–Kier alpha value is -1.61. The van der Waals surface area contributed by atoms with Gasteiger partial charge in [-0.15, -0.1) is 0 Å². The number of carbonyl (C=O) groups is 1. The molecular formula is C27H41NO2. The first kappa shape index (κ1) is 23.1. The zero-order valence-corrected chi connectivity index (χ0v) is 19.2. The molecule has 3 heteroatoms. The van der Waals surface area contributed by atoms with Gasteiger partial charge in [0.1, 0.15) is 0 Å². The molecule has 0 bridgehead atoms. The van der Waals surface area contributed by atoms with Crippen LogP contribution in [0.1, 0.15) is 82.8 Å². The summed E-state index contributed by atoms with van der Waals surface area (Å²) in [4.78, 5) is 13.9.